The zero-order chi connectivity index (χ0) is 13.7. The lowest BCUT2D eigenvalue weighted by atomic mass is 10.1. The molecule has 4 heteroatoms. The van der Waals surface area contributed by atoms with E-state index in [4.69, 9.17) is 0 Å². The van der Waals surface area contributed by atoms with E-state index in [2.05, 4.69) is 29.0 Å². The summed E-state index contributed by atoms with van der Waals surface area (Å²) in [6.45, 7) is 8.10. The normalized spacial score (nSPS) is 19.1. The van der Waals surface area contributed by atoms with E-state index in [1.807, 2.05) is 0 Å². The average Bonchev–Trinajstić information content (AvgIpc) is 2.88. The van der Waals surface area contributed by atoms with Crippen molar-refractivity contribution in [1.82, 2.24) is 10.3 Å². The predicted octanol–water partition coefficient (Wildman–Crippen LogP) is 2.96. The Morgan fingerprint density at radius 1 is 1.47 bits per heavy atom. The lowest BCUT2D eigenvalue weighted by Crippen LogP contribution is -2.24. The van der Waals surface area contributed by atoms with E-state index < -0.39 is 0 Å². The van der Waals surface area contributed by atoms with E-state index in [0.717, 1.165) is 43.4 Å². The Hall–Kier alpha value is -1.16. The first-order valence-electron chi connectivity index (χ1n) is 7.34. The molecule has 1 saturated heterocycles. The van der Waals surface area contributed by atoms with Crippen LogP contribution in [0.3, 0.4) is 0 Å². The molecule has 0 amide bonds. The number of aromatic nitrogens is 1. The van der Waals surface area contributed by atoms with Gasteiger partial charge in [-0.25, -0.2) is 9.37 Å². The van der Waals surface area contributed by atoms with Gasteiger partial charge in [-0.1, -0.05) is 20.3 Å². The minimum atomic E-state index is -0.247. The molecule has 3 nitrogen and oxygen atoms in total. The van der Waals surface area contributed by atoms with Gasteiger partial charge in [0, 0.05) is 25.2 Å². The second kappa shape index (κ2) is 6.85. The van der Waals surface area contributed by atoms with Crippen LogP contribution >= 0.6 is 0 Å². The van der Waals surface area contributed by atoms with E-state index in [0.29, 0.717) is 6.54 Å². The third-order valence-corrected chi connectivity index (χ3v) is 3.81. The molecule has 1 atom stereocenters. The van der Waals surface area contributed by atoms with Crippen LogP contribution in [0.2, 0.25) is 0 Å². The summed E-state index contributed by atoms with van der Waals surface area (Å²) < 4.78 is 13.4. The lowest BCUT2D eigenvalue weighted by Gasteiger charge is -2.21. The molecule has 0 radical (unpaired) electrons. The van der Waals surface area contributed by atoms with E-state index in [-0.39, 0.29) is 5.82 Å². The van der Waals surface area contributed by atoms with Crippen molar-refractivity contribution in [3.05, 3.63) is 23.6 Å². The quantitative estimate of drug-likeness (QED) is 0.802. The van der Waals surface area contributed by atoms with Gasteiger partial charge in [-0.05, 0) is 31.4 Å². The molecule has 1 aliphatic heterocycles. The highest BCUT2D eigenvalue weighted by Gasteiger charge is 2.23. The fraction of sp³-hybridized carbons (Fsp3) is 0.667. The summed E-state index contributed by atoms with van der Waals surface area (Å²) in [7, 11) is 0. The highest BCUT2D eigenvalue weighted by molar-refractivity contribution is 5.47. The highest BCUT2D eigenvalue weighted by Crippen LogP contribution is 2.27. The molecule has 1 N–H and O–H groups in total. The van der Waals surface area contributed by atoms with Gasteiger partial charge < -0.3 is 10.2 Å². The molecule has 1 unspecified atom stereocenters. The molecule has 19 heavy (non-hydrogen) atoms. The van der Waals surface area contributed by atoms with Gasteiger partial charge in [-0.15, -0.1) is 0 Å². The first-order valence-corrected chi connectivity index (χ1v) is 7.34. The van der Waals surface area contributed by atoms with Gasteiger partial charge in [-0.2, -0.15) is 0 Å². The first-order chi connectivity index (χ1) is 9.24. The molecule has 2 heterocycles. The second-order valence-corrected chi connectivity index (χ2v) is 5.32. The van der Waals surface area contributed by atoms with Crippen molar-refractivity contribution in [1.29, 1.82) is 0 Å². The molecule has 1 aliphatic rings. The number of hydrogen-bond acceptors (Lipinski definition) is 3. The van der Waals surface area contributed by atoms with Crippen LogP contribution in [0.5, 0.6) is 0 Å². The fourth-order valence-electron chi connectivity index (χ4n) is 2.65. The summed E-state index contributed by atoms with van der Waals surface area (Å²) in [5.74, 6) is 1.47. The molecule has 2 rings (SSSR count). The van der Waals surface area contributed by atoms with Gasteiger partial charge in [-0.3, -0.25) is 0 Å². The highest BCUT2D eigenvalue weighted by atomic mass is 19.1. The molecular weight excluding hydrogens is 241 g/mol. The molecule has 1 aromatic heterocycles. The summed E-state index contributed by atoms with van der Waals surface area (Å²) in [5, 5.41) is 3.33. The first kappa shape index (κ1) is 14.3. The molecule has 1 fully saturated rings. The number of nitrogens with one attached hydrogen (secondary N) is 1. The Morgan fingerprint density at radius 3 is 3.00 bits per heavy atom. The number of rotatable bonds is 6. The minimum absolute atomic E-state index is 0.247. The van der Waals surface area contributed by atoms with Gasteiger partial charge in [0.2, 0.25) is 0 Å². The van der Waals surface area contributed by atoms with E-state index >= 15 is 0 Å². The standard InChI is InChI=1S/C15H24FN3/c1-3-6-17-9-13-8-14(16)10-18-15(13)19-7-5-12(4-2)11-19/h8,10,12,17H,3-7,9,11H2,1-2H3. The van der Waals surface area contributed by atoms with E-state index in [1.54, 1.807) is 6.07 Å². The number of halogens is 1. The van der Waals surface area contributed by atoms with Crippen LogP contribution in [-0.4, -0.2) is 24.6 Å². The Kier molecular flexibility index (Phi) is 5.14. The maximum absolute atomic E-state index is 13.4. The molecule has 1 aromatic rings. The topological polar surface area (TPSA) is 28.2 Å². The van der Waals surface area contributed by atoms with Crippen molar-refractivity contribution in [3.63, 3.8) is 0 Å². The molecule has 0 bridgehead atoms. The van der Waals surface area contributed by atoms with Crippen LogP contribution in [0.15, 0.2) is 12.3 Å². The smallest absolute Gasteiger partial charge is 0.141 e. The molecule has 0 spiro atoms. The van der Waals surface area contributed by atoms with Crippen LogP contribution in [-0.2, 0) is 6.54 Å². The molecule has 0 saturated carbocycles. The van der Waals surface area contributed by atoms with Crippen molar-refractivity contribution < 1.29 is 4.39 Å². The minimum Gasteiger partial charge on any atom is -0.356 e. The van der Waals surface area contributed by atoms with Gasteiger partial charge in [0.05, 0.1) is 6.20 Å². The SMILES string of the molecule is CCCNCc1cc(F)cnc1N1CCC(CC)C1. The maximum atomic E-state index is 13.4. The Morgan fingerprint density at radius 2 is 2.32 bits per heavy atom. The summed E-state index contributed by atoms with van der Waals surface area (Å²) in [4.78, 5) is 6.62. The van der Waals surface area contributed by atoms with Crippen molar-refractivity contribution in [2.24, 2.45) is 5.92 Å². The summed E-state index contributed by atoms with van der Waals surface area (Å²) in [5.41, 5.74) is 0.977. The predicted molar refractivity (Wildman–Crippen MR) is 76.8 cm³/mol. The number of hydrogen-bond donors (Lipinski definition) is 1. The van der Waals surface area contributed by atoms with Crippen molar-refractivity contribution >= 4 is 5.82 Å². The average molecular weight is 265 g/mol. The maximum Gasteiger partial charge on any atom is 0.141 e. The Bertz CT molecular complexity index is 408. The van der Waals surface area contributed by atoms with Gasteiger partial charge in [0.25, 0.3) is 0 Å². The van der Waals surface area contributed by atoms with Crippen LogP contribution in [0.25, 0.3) is 0 Å². The van der Waals surface area contributed by atoms with Crippen LogP contribution < -0.4 is 10.2 Å². The largest absolute Gasteiger partial charge is 0.356 e. The Labute approximate surface area is 115 Å². The van der Waals surface area contributed by atoms with Crippen molar-refractivity contribution in [2.75, 3.05) is 24.5 Å². The number of pyridine rings is 1. The molecule has 0 aliphatic carbocycles. The summed E-state index contributed by atoms with van der Waals surface area (Å²) in [6.07, 6.45) is 4.84. The van der Waals surface area contributed by atoms with Gasteiger partial charge >= 0.3 is 0 Å². The number of nitrogens with zero attached hydrogens (tertiary/aromatic N) is 2. The lowest BCUT2D eigenvalue weighted by molar-refractivity contribution is 0.568. The van der Waals surface area contributed by atoms with Gasteiger partial charge in [0.1, 0.15) is 11.6 Å². The summed E-state index contributed by atoms with van der Waals surface area (Å²) >= 11 is 0. The Balaban J connectivity index is 2.10. The van der Waals surface area contributed by atoms with Crippen molar-refractivity contribution in [3.8, 4) is 0 Å². The molecule has 106 valence electrons. The zero-order valence-corrected chi connectivity index (χ0v) is 12.0. The van der Waals surface area contributed by atoms with Crippen molar-refractivity contribution in [2.45, 2.75) is 39.7 Å². The van der Waals surface area contributed by atoms with Crippen LogP contribution in [0.1, 0.15) is 38.7 Å². The molecular formula is C15H24FN3. The fourth-order valence-corrected chi connectivity index (χ4v) is 2.65. The van der Waals surface area contributed by atoms with Gasteiger partial charge in [0.15, 0.2) is 0 Å². The second-order valence-electron chi connectivity index (χ2n) is 5.32. The van der Waals surface area contributed by atoms with Crippen LogP contribution in [0, 0.1) is 11.7 Å². The third-order valence-electron chi connectivity index (χ3n) is 3.81. The van der Waals surface area contributed by atoms with E-state index in [9.17, 15) is 4.39 Å². The monoisotopic (exact) mass is 265 g/mol. The number of anilines is 1. The third kappa shape index (κ3) is 3.66. The van der Waals surface area contributed by atoms with E-state index in [1.165, 1.54) is 19.0 Å². The summed E-state index contributed by atoms with van der Waals surface area (Å²) in [6, 6.07) is 1.62. The van der Waals surface area contributed by atoms with Crippen LogP contribution in [0.4, 0.5) is 10.2 Å². The zero-order valence-electron chi connectivity index (χ0n) is 12.0. The molecule has 0 aromatic carbocycles.